The van der Waals surface area contributed by atoms with Gasteiger partial charge >= 0.3 is 12.0 Å². The Labute approximate surface area is 128 Å². The Bertz CT molecular complexity index is 309. The third kappa shape index (κ3) is 10.1. The molecule has 6 heteroatoms. The normalized spacial score (nSPS) is 14.0. The summed E-state index contributed by atoms with van der Waals surface area (Å²) in [5.41, 5.74) is 0. The second kappa shape index (κ2) is 10.4. The average molecular weight is 301 g/mol. The van der Waals surface area contributed by atoms with Gasteiger partial charge < -0.3 is 20.6 Å². The highest BCUT2D eigenvalue weighted by Crippen LogP contribution is 2.06. The van der Waals surface area contributed by atoms with E-state index < -0.39 is 18.0 Å². The maximum atomic E-state index is 12.0. The van der Waals surface area contributed by atoms with E-state index in [2.05, 4.69) is 24.5 Å². The first-order valence-corrected chi connectivity index (χ1v) is 7.70. The molecule has 0 rings (SSSR count). The number of amides is 2. The van der Waals surface area contributed by atoms with Crippen LogP contribution in [0.5, 0.6) is 0 Å². The number of carbonyl (C=O) groups excluding carboxylic acids is 1. The van der Waals surface area contributed by atoms with Gasteiger partial charge in [-0.1, -0.05) is 33.6 Å². The first-order valence-electron chi connectivity index (χ1n) is 7.70. The Morgan fingerprint density at radius 3 is 2.24 bits per heavy atom. The topological polar surface area (TPSA) is 81.7 Å². The van der Waals surface area contributed by atoms with E-state index in [-0.39, 0.29) is 6.04 Å². The van der Waals surface area contributed by atoms with E-state index in [9.17, 15) is 9.59 Å². The van der Waals surface area contributed by atoms with Gasteiger partial charge in [-0.2, -0.15) is 0 Å². The van der Waals surface area contributed by atoms with Gasteiger partial charge in [-0.15, -0.1) is 0 Å². The van der Waals surface area contributed by atoms with Gasteiger partial charge in [-0.25, -0.2) is 9.59 Å². The van der Waals surface area contributed by atoms with Crippen molar-refractivity contribution in [1.82, 2.24) is 15.5 Å². The molecule has 0 saturated carbocycles. The monoisotopic (exact) mass is 301 g/mol. The molecule has 124 valence electrons. The zero-order valence-corrected chi connectivity index (χ0v) is 14.0. The zero-order chi connectivity index (χ0) is 16.4. The summed E-state index contributed by atoms with van der Waals surface area (Å²) in [5, 5.41) is 14.6. The summed E-state index contributed by atoms with van der Waals surface area (Å²) < 4.78 is 0. The summed E-state index contributed by atoms with van der Waals surface area (Å²) >= 11 is 0. The molecule has 0 aliphatic rings. The Kier molecular flexibility index (Phi) is 9.78. The number of carboxylic acid groups (broad SMARTS) is 1. The Morgan fingerprint density at radius 1 is 1.19 bits per heavy atom. The van der Waals surface area contributed by atoms with Crippen molar-refractivity contribution in [3.05, 3.63) is 0 Å². The van der Waals surface area contributed by atoms with Crippen molar-refractivity contribution in [2.45, 2.75) is 58.5 Å². The van der Waals surface area contributed by atoms with Gasteiger partial charge in [0.15, 0.2) is 0 Å². The highest BCUT2D eigenvalue weighted by molar-refractivity contribution is 5.82. The smallest absolute Gasteiger partial charge is 0.326 e. The average Bonchev–Trinajstić information content (AvgIpc) is 2.32. The van der Waals surface area contributed by atoms with Gasteiger partial charge in [0.2, 0.25) is 0 Å². The molecule has 0 saturated heterocycles. The van der Waals surface area contributed by atoms with Crippen LogP contribution in [0.3, 0.4) is 0 Å². The van der Waals surface area contributed by atoms with E-state index in [0.717, 1.165) is 25.8 Å². The summed E-state index contributed by atoms with van der Waals surface area (Å²) in [6, 6.07) is -1.20. The lowest BCUT2D eigenvalue weighted by atomic mass is 10.0. The third-order valence-corrected chi connectivity index (χ3v) is 3.13. The fraction of sp³-hybridized carbons (Fsp3) is 0.867. The van der Waals surface area contributed by atoms with Gasteiger partial charge in [0.05, 0.1) is 0 Å². The van der Waals surface area contributed by atoms with E-state index in [0.29, 0.717) is 12.3 Å². The summed E-state index contributed by atoms with van der Waals surface area (Å²) in [4.78, 5) is 25.1. The van der Waals surface area contributed by atoms with Crippen LogP contribution in [0.15, 0.2) is 0 Å². The molecular weight excluding hydrogens is 270 g/mol. The number of rotatable bonds is 10. The molecule has 2 amide bonds. The molecule has 1 unspecified atom stereocenters. The van der Waals surface area contributed by atoms with E-state index in [1.54, 1.807) is 0 Å². The molecule has 0 aliphatic heterocycles. The lowest BCUT2D eigenvalue weighted by molar-refractivity contribution is -0.139. The zero-order valence-electron chi connectivity index (χ0n) is 14.0. The maximum Gasteiger partial charge on any atom is 0.326 e. The van der Waals surface area contributed by atoms with Crippen LogP contribution in [-0.2, 0) is 4.79 Å². The van der Waals surface area contributed by atoms with E-state index in [4.69, 9.17) is 5.11 Å². The molecule has 21 heavy (non-hydrogen) atoms. The third-order valence-electron chi connectivity index (χ3n) is 3.13. The predicted octanol–water partition coefficient (Wildman–Crippen LogP) is 1.91. The summed E-state index contributed by atoms with van der Waals surface area (Å²) in [7, 11) is 3.91. The minimum atomic E-state index is -0.980. The number of hydrogen-bond acceptors (Lipinski definition) is 3. The number of hydrogen-bond donors (Lipinski definition) is 3. The van der Waals surface area contributed by atoms with Crippen LogP contribution in [0.1, 0.15) is 46.5 Å². The fourth-order valence-electron chi connectivity index (χ4n) is 2.24. The highest BCUT2D eigenvalue weighted by Gasteiger charge is 2.21. The van der Waals surface area contributed by atoms with Crippen LogP contribution >= 0.6 is 0 Å². The van der Waals surface area contributed by atoms with Gasteiger partial charge in [0.25, 0.3) is 0 Å². The lowest BCUT2D eigenvalue weighted by Crippen LogP contribution is -2.51. The largest absolute Gasteiger partial charge is 0.480 e. The number of carboxylic acids is 1. The van der Waals surface area contributed by atoms with Gasteiger partial charge in [0, 0.05) is 12.6 Å². The van der Waals surface area contributed by atoms with Crippen LogP contribution < -0.4 is 10.6 Å². The van der Waals surface area contributed by atoms with Crippen molar-refractivity contribution in [3.63, 3.8) is 0 Å². The Balaban J connectivity index is 4.47. The van der Waals surface area contributed by atoms with Gasteiger partial charge in [0.1, 0.15) is 6.04 Å². The quantitative estimate of drug-likeness (QED) is 0.575. The number of nitrogens with zero attached hydrogens (tertiary/aromatic N) is 1. The number of urea groups is 1. The van der Waals surface area contributed by atoms with Crippen molar-refractivity contribution >= 4 is 12.0 Å². The summed E-state index contributed by atoms with van der Waals surface area (Å²) in [6.45, 7) is 6.93. The molecule has 3 N–H and O–H groups in total. The van der Waals surface area contributed by atoms with Crippen LogP contribution in [-0.4, -0.2) is 54.7 Å². The summed E-state index contributed by atoms with van der Waals surface area (Å²) in [5.74, 6) is -0.516. The molecule has 0 aliphatic carbocycles. The molecule has 2 atom stereocenters. The van der Waals surface area contributed by atoms with Crippen LogP contribution in [0.4, 0.5) is 4.79 Å². The second-order valence-corrected chi connectivity index (χ2v) is 6.24. The molecule has 0 bridgehead atoms. The Morgan fingerprint density at radius 2 is 1.81 bits per heavy atom. The van der Waals surface area contributed by atoms with E-state index >= 15 is 0 Å². The fourth-order valence-corrected chi connectivity index (χ4v) is 2.24. The lowest BCUT2D eigenvalue weighted by Gasteiger charge is -2.25. The van der Waals surface area contributed by atoms with E-state index in [1.807, 2.05) is 25.9 Å². The van der Waals surface area contributed by atoms with Crippen LogP contribution in [0.25, 0.3) is 0 Å². The van der Waals surface area contributed by atoms with Gasteiger partial charge in [-0.05, 0) is 32.9 Å². The predicted molar refractivity (Wildman–Crippen MR) is 84.4 cm³/mol. The van der Waals surface area contributed by atoms with Crippen molar-refractivity contribution in [2.75, 3.05) is 20.6 Å². The molecule has 6 nitrogen and oxygen atoms in total. The number of likely N-dealkylation sites (N-methyl/N-ethyl adjacent to an activating group) is 1. The SMILES string of the molecule is CCCC[C@H](NC(=O)NC(CC(C)C)CN(C)C)C(=O)O. The second-order valence-electron chi connectivity index (χ2n) is 6.24. The molecule has 0 heterocycles. The minimum Gasteiger partial charge on any atom is -0.480 e. The molecule has 0 aromatic rings. The van der Waals surface area contributed by atoms with Crippen molar-refractivity contribution in [2.24, 2.45) is 5.92 Å². The molecule has 0 spiro atoms. The van der Waals surface area contributed by atoms with Crippen LogP contribution in [0, 0.1) is 5.92 Å². The number of aliphatic carboxylic acids is 1. The maximum absolute atomic E-state index is 12.0. The first-order chi connectivity index (χ1) is 9.76. The van der Waals surface area contributed by atoms with Crippen molar-refractivity contribution < 1.29 is 14.7 Å². The van der Waals surface area contributed by atoms with E-state index in [1.165, 1.54) is 0 Å². The molecule has 0 radical (unpaired) electrons. The van der Waals surface area contributed by atoms with Gasteiger partial charge in [-0.3, -0.25) is 0 Å². The number of nitrogens with one attached hydrogen (secondary N) is 2. The molecule has 0 fully saturated rings. The number of unbranched alkanes of at least 4 members (excludes halogenated alkanes) is 1. The Hall–Kier alpha value is -1.30. The highest BCUT2D eigenvalue weighted by atomic mass is 16.4. The van der Waals surface area contributed by atoms with Crippen molar-refractivity contribution in [3.8, 4) is 0 Å². The first kappa shape index (κ1) is 19.7. The molecule has 0 aromatic heterocycles. The minimum absolute atomic E-state index is 0.0145. The molecular formula is C15H31N3O3. The number of carbonyl (C=O) groups is 2. The molecule has 0 aromatic carbocycles. The van der Waals surface area contributed by atoms with Crippen molar-refractivity contribution in [1.29, 1.82) is 0 Å². The standard InChI is InChI=1S/C15H31N3O3/c1-6-7-8-13(14(19)20)17-15(21)16-12(9-11(2)3)10-18(4)5/h11-13H,6-10H2,1-5H3,(H,19,20)(H2,16,17,21)/t12?,13-/m0/s1. The van der Waals surface area contributed by atoms with Crippen LogP contribution in [0.2, 0.25) is 0 Å². The summed E-state index contributed by atoms with van der Waals surface area (Å²) in [6.07, 6.45) is 3.01.